The van der Waals surface area contributed by atoms with E-state index in [9.17, 15) is 9.59 Å². The van der Waals surface area contributed by atoms with E-state index in [1.165, 1.54) is 7.11 Å². The second-order valence-electron chi connectivity index (χ2n) is 7.19. The van der Waals surface area contributed by atoms with Crippen molar-refractivity contribution in [1.82, 2.24) is 14.8 Å². The maximum Gasteiger partial charge on any atom is 0.257 e. The predicted octanol–water partition coefficient (Wildman–Crippen LogP) is 3.50. The summed E-state index contributed by atoms with van der Waals surface area (Å²) in [6.07, 6.45) is 0. The average molecular weight is 440 g/mol. The summed E-state index contributed by atoms with van der Waals surface area (Å²) >= 11 is 5.93. The van der Waals surface area contributed by atoms with Crippen molar-refractivity contribution in [2.24, 2.45) is 0 Å². The maximum absolute atomic E-state index is 13.0. The van der Waals surface area contributed by atoms with E-state index in [1.54, 1.807) is 53.3 Å². The summed E-state index contributed by atoms with van der Waals surface area (Å²) in [6, 6.07) is 14.0. The molecule has 1 aliphatic rings. The number of hydrogen-bond donors (Lipinski definition) is 0. The fourth-order valence-electron chi connectivity index (χ4n) is 3.67. The summed E-state index contributed by atoms with van der Waals surface area (Å²) in [5, 5.41) is 1.27. The van der Waals surface area contributed by atoms with Crippen molar-refractivity contribution in [2.45, 2.75) is 0 Å². The monoisotopic (exact) mass is 439 g/mol. The smallest absolute Gasteiger partial charge is 0.257 e. The summed E-state index contributed by atoms with van der Waals surface area (Å²) in [5.74, 6) is 0.899. The van der Waals surface area contributed by atoms with E-state index in [4.69, 9.17) is 21.1 Å². The van der Waals surface area contributed by atoms with Crippen LogP contribution in [0.15, 0.2) is 48.5 Å². The number of hydrogen-bond acceptors (Lipinski definition) is 5. The van der Waals surface area contributed by atoms with Crippen LogP contribution in [0.4, 0.5) is 0 Å². The molecular formula is C23H22ClN3O4. The number of carbonyl (C=O) groups is 2. The molecule has 1 aliphatic heterocycles. The van der Waals surface area contributed by atoms with E-state index in [0.717, 1.165) is 10.9 Å². The summed E-state index contributed by atoms with van der Waals surface area (Å²) < 4.78 is 10.5. The third-order valence-electron chi connectivity index (χ3n) is 5.40. The lowest BCUT2D eigenvalue weighted by atomic mass is 10.1. The zero-order chi connectivity index (χ0) is 22.0. The van der Waals surface area contributed by atoms with Gasteiger partial charge in [-0.05, 0) is 42.5 Å². The number of carbonyl (C=O) groups excluding carboxylic acids is 2. The standard InChI is InChI=1S/C23H22ClN3O4/c1-30-17-5-6-18(20(14-17)31-2)23(29)27-11-9-26(10-12-27)22(28)16-3-7-19-15(13-16)4-8-21(24)25-19/h3-8,13-14H,9-12H2,1-2H3. The number of ether oxygens (including phenoxy) is 2. The van der Waals surface area contributed by atoms with Crippen molar-refractivity contribution in [1.29, 1.82) is 0 Å². The zero-order valence-electron chi connectivity index (χ0n) is 17.3. The van der Waals surface area contributed by atoms with Gasteiger partial charge in [-0.2, -0.15) is 0 Å². The first kappa shape index (κ1) is 20.9. The Balaban J connectivity index is 1.44. The minimum Gasteiger partial charge on any atom is -0.497 e. The molecule has 1 fully saturated rings. The molecule has 0 spiro atoms. The van der Waals surface area contributed by atoms with Gasteiger partial charge in [-0.1, -0.05) is 11.6 Å². The lowest BCUT2D eigenvalue weighted by Gasteiger charge is -2.35. The summed E-state index contributed by atoms with van der Waals surface area (Å²) in [6.45, 7) is 1.81. The number of amides is 2. The van der Waals surface area contributed by atoms with Gasteiger partial charge >= 0.3 is 0 Å². The summed E-state index contributed by atoms with van der Waals surface area (Å²) in [5.41, 5.74) is 1.81. The molecular weight excluding hydrogens is 418 g/mol. The lowest BCUT2D eigenvalue weighted by Crippen LogP contribution is -2.50. The minimum absolute atomic E-state index is 0.0639. The topological polar surface area (TPSA) is 72.0 Å². The third-order valence-corrected chi connectivity index (χ3v) is 5.61. The van der Waals surface area contributed by atoms with Gasteiger partial charge in [-0.3, -0.25) is 9.59 Å². The molecule has 4 rings (SSSR count). The summed E-state index contributed by atoms with van der Waals surface area (Å²) in [4.78, 5) is 33.7. The van der Waals surface area contributed by atoms with Crippen molar-refractivity contribution < 1.29 is 19.1 Å². The van der Waals surface area contributed by atoms with Gasteiger partial charge in [0.2, 0.25) is 0 Å². The van der Waals surface area contributed by atoms with Crippen molar-refractivity contribution in [3.8, 4) is 11.5 Å². The van der Waals surface area contributed by atoms with Crippen molar-refractivity contribution in [2.75, 3.05) is 40.4 Å². The van der Waals surface area contributed by atoms with Gasteiger partial charge in [-0.15, -0.1) is 0 Å². The van der Waals surface area contributed by atoms with Crippen LogP contribution in [0.25, 0.3) is 10.9 Å². The number of pyridine rings is 1. The minimum atomic E-state index is -0.125. The van der Waals surface area contributed by atoms with E-state index in [0.29, 0.717) is 54.0 Å². The number of fused-ring (bicyclic) bond motifs is 1. The second kappa shape index (κ2) is 8.81. The number of piperazine rings is 1. The van der Waals surface area contributed by atoms with Crippen molar-refractivity contribution >= 4 is 34.3 Å². The molecule has 160 valence electrons. The molecule has 0 atom stereocenters. The van der Waals surface area contributed by atoms with E-state index >= 15 is 0 Å². The van der Waals surface area contributed by atoms with Crippen LogP contribution >= 0.6 is 11.6 Å². The first-order valence-corrected chi connectivity index (χ1v) is 10.2. The van der Waals surface area contributed by atoms with Crippen LogP contribution in [0.3, 0.4) is 0 Å². The number of aromatic nitrogens is 1. The fourth-order valence-corrected chi connectivity index (χ4v) is 3.83. The molecule has 0 unspecified atom stereocenters. The van der Waals surface area contributed by atoms with E-state index in [1.807, 2.05) is 12.1 Å². The van der Waals surface area contributed by atoms with Crippen LogP contribution in [-0.2, 0) is 0 Å². The number of halogens is 1. The molecule has 0 saturated carbocycles. The quantitative estimate of drug-likeness (QED) is 0.582. The first-order chi connectivity index (χ1) is 15.0. The summed E-state index contributed by atoms with van der Waals surface area (Å²) in [7, 11) is 3.09. The highest BCUT2D eigenvalue weighted by Gasteiger charge is 2.27. The lowest BCUT2D eigenvalue weighted by molar-refractivity contribution is 0.0533. The van der Waals surface area contributed by atoms with Gasteiger partial charge < -0.3 is 19.3 Å². The highest BCUT2D eigenvalue weighted by Crippen LogP contribution is 2.26. The highest BCUT2D eigenvalue weighted by molar-refractivity contribution is 6.29. The molecule has 0 aliphatic carbocycles. The molecule has 8 heteroatoms. The first-order valence-electron chi connectivity index (χ1n) is 9.87. The predicted molar refractivity (Wildman–Crippen MR) is 118 cm³/mol. The Morgan fingerprint density at radius 1 is 0.871 bits per heavy atom. The third kappa shape index (κ3) is 4.27. The second-order valence-corrected chi connectivity index (χ2v) is 7.58. The van der Waals surface area contributed by atoms with Crippen LogP contribution in [0.5, 0.6) is 11.5 Å². The fraction of sp³-hybridized carbons (Fsp3) is 0.261. The average Bonchev–Trinajstić information content (AvgIpc) is 2.82. The van der Waals surface area contributed by atoms with Gasteiger partial charge in [-0.25, -0.2) is 4.98 Å². The van der Waals surface area contributed by atoms with Gasteiger partial charge in [0, 0.05) is 43.2 Å². The molecule has 1 aromatic heterocycles. The molecule has 2 aromatic carbocycles. The highest BCUT2D eigenvalue weighted by atomic mass is 35.5. The van der Waals surface area contributed by atoms with Gasteiger partial charge in [0.05, 0.1) is 25.3 Å². The molecule has 2 amide bonds. The van der Waals surface area contributed by atoms with Gasteiger partial charge in [0.25, 0.3) is 11.8 Å². The molecule has 2 heterocycles. The largest absolute Gasteiger partial charge is 0.497 e. The molecule has 31 heavy (non-hydrogen) atoms. The zero-order valence-corrected chi connectivity index (χ0v) is 18.1. The van der Waals surface area contributed by atoms with Crippen LogP contribution < -0.4 is 9.47 Å². The van der Waals surface area contributed by atoms with Crippen molar-refractivity contribution in [3.05, 3.63) is 64.8 Å². The Labute approximate surface area is 185 Å². The Morgan fingerprint density at radius 3 is 2.26 bits per heavy atom. The Hall–Kier alpha value is -3.32. The van der Waals surface area contributed by atoms with Crippen LogP contribution in [0.2, 0.25) is 5.15 Å². The van der Waals surface area contributed by atoms with E-state index in [-0.39, 0.29) is 11.8 Å². The molecule has 0 N–H and O–H groups in total. The number of rotatable bonds is 4. The van der Waals surface area contributed by atoms with Crippen LogP contribution in [0.1, 0.15) is 20.7 Å². The van der Waals surface area contributed by atoms with Crippen molar-refractivity contribution in [3.63, 3.8) is 0 Å². The maximum atomic E-state index is 13.0. The number of methoxy groups -OCH3 is 2. The van der Waals surface area contributed by atoms with Crippen LogP contribution in [-0.4, -0.2) is 67.0 Å². The number of benzene rings is 2. The van der Waals surface area contributed by atoms with Gasteiger partial charge in [0.1, 0.15) is 16.7 Å². The van der Waals surface area contributed by atoms with E-state index < -0.39 is 0 Å². The molecule has 1 saturated heterocycles. The molecule has 3 aromatic rings. The Kier molecular flexibility index (Phi) is 5.95. The Bertz CT molecular complexity index is 1140. The molecule has 0 bridgehead atoms. The van der Waals surface area contributed by atoms with E-state index in [2.05, 4.69) is 4.98 Å². The molecule has 7 nitrogen and oxygen atoms in total. The van der Waals surface area contributed by atoms with Gasteiger partial charge in [0.15, 0.2) is 0 Å². The number of nitrogens with zero attached hydrogens (tertiary/aromatic N) is 3. The van der Waals surface area contributed by atoms with Crippen LogP contribution in [0, 0.1) is 0 Å². The SMILES string of the molecule is COc1ccc(C(=O)N2CCN(C(=O)c3ccc4nc(Cl)ccc4c3)CC2)c(OC)c1. The normalized spacial score (nSPS) is 13.9. The molecule has 0 radical (unpaired) electrons. The Morgan fingerprint density at radius 2 is 1.58 bits per heavy atom.